The van der Waals surface area contributed by atoms with Crippen LogP contribution < -0.4 is 20.8 Å². The van der Waals surface area contributed by atoms with E-state index in [1.54, 1.807) is 0 Å². The molecule has 0 unspecified atom stereocenters. The van der Waals surface area contributed by atoms with E-state index in [-0.39, 0.29) is 43.4 Å². The number of rotatable bonds is 6. The molecule has 0 spiro atoms. The van der Waals surface area contributed by atoms with E-state index in [0.29, 0.717) is 26.2 Å². The first kappa shape index (κ1) is 31.6. The number of hydrogen-bond acceptors (Lipinski definition) is 10. The minimum atomic E-state index is -1.21. The number of piperazine rings is 2. The molecular weight excluding hydrogens is 560 g/mol. The van der Waals surface area contributed by atoms with Gasteiger partial charge in [0.1, 0.15) is 13.2 Å². The summed E-state index contributed by atoms with van der Waals surface area (Å²) in [6.07, 6.45) is -1.01. The van der Waals surface area contributed by atoms with E-state index in [4.69, 9.17) is 9.47 Å². The van der Waals surface area contributed by atoms with Crippen LogP contribution in [0.4, 0.5) is 9.59 Å². The van der Waals surface area contributed by atoms with Crippen LogP contribution in [-0.2, 0) is 49.3 Å². The van der Waals surface area contributed by atoms with Crippen LogP contribution in [0.3, 0.4) is 0 Å². The number of carboxylic acids is 2. The third-order valence-electron chi connectivity index (χ3n) is 5.85. The van der Waals surface area contributed by atoms with Crippen LogP contribution in [0.25, 0.3) is 0 Å². The molecule has 2 saturated heterocycles. The molecule has 4 rings (SSSR count). The summed E-state index contributed by atoms with van der Waals surface area (Å²) >= 11 is 0. The molecule has 2 aromatic rings. The van der Waals surface area contributed by atoms with Crippen LogP contribution in [0.5, 0.6) is 0 Å². The zero-order valence-electron chi connectivity index (χ0n) is 21.0. The van der Waals surface area contributed by atoms with Gasteiger partial charge >= 0.3 is 29.3 Å². The second-order valence-corrected chi connectivity index (χ2v) is 8.62. The van der Waals surface area contributed by atoms with E-state index in [2.05, 4.69) is 10.6 Å². The van der Waals surface area contributed by atoms with Crippen LogP contribution in [-0.4, -0.2) is 85.3 Å². The Labute approximate surface area is 236 Å². The van der Waals surface area contributed by atoms with Crippen molar-refractivity contribution in [3.63, 3.8) is 0 Å². The van der Waals surface area contributed by atoms with Gasteiger partial charge in [-0.1, -0.05) is 60.7 Å². The molecule has 2 fully saturated rings. The summed E-state index contributed by atoms with van der Waals surface area (Å²) in [5.74, 6) is -2.42. The van der Waals surface area contributed by atoms with E-state index < -0.39 is 36.2 Å². The molecule has 0 saturated carbocycles. The Morgan fingerprint density at radius 2 is 1.05 bits per heavy atom. The van der Waals surface area contributed by atoms with E-state index in [0.717, 1.165) is 11.1 Å². The van der Waals surface area contributed by atoms with Crippen LogP contribution in [0.2, 0.25) is 0 Å². The molecule has 2 atom stereocenters. The normalized spacial score (nSPS) is 18.5. The molecular formula is C26H30CuN4O8. The molecule has 13 heteroatoms. The van der Waals surface area contributed by atoms with Gasteiger partial charge in [0.25, 0.3) is 0 Å². The summed E-state index contributed by atoms with van der Waals surface area (Å²) in [5, 5.41) is 27.0. The van der Waals surface area contributed by atoms with Crippen molar-refractivity contribution < 1.29 is 55.9 Å². The Bertz CT molecular complexity index is 991. The Morgan fingerprint density at radius 3 is 1.38 bits per heavy atom. The zero-order chi connectivity index (χ0) is 27.3. The Morgan fingerprint density at radius 1 is 0.692 bits per heavy atom. The van der Waals surface area contributed by atoms with Crippen molar-refractivity contribution in [2.75, 3.05) is 39.3 Å². The van der Waals surface area contributed by atoms with Crippen molar-refractivity contribution in [2.45, 2.75) is 25.3 Å². The summed E-state index contributed by atoms with van der Waals surface area (Å²) in [6, 6.07) is 17.0. The van der Waals surface area contributed by atoms with E-state index in [1.165, 1.54) is 9.80 Å². The molecule has 0 bridgehead atoms. The first-order valence-corrected chi connectivity index (χ1v) is 12.1. The van der Waals surface area contributed by atoms with Crippen molar-refractivity contribution in [1.29, 1.82) is 0 Å². The van der Waals surface area contributed by atoms with Gasteiger partial charge in [-0.25, -0.2) is 9.59 Å². The van der Waals surface area contributed by atoms with Gasteiger partial charge in [0, 0.05) is 39.3 Å². The average molecular weight is 590 g/mol. The number of ether oxygens (including phenoxy) is 2. The standard InChI is InChI=1S/2C13H16N2O4.Cu/c2*16-12(17)11-8-15(7-6-14-11)13(18)19-9-10-4-2-1-3-5-10;/h2*1-5,11,14H,6-9H2,(H,16,17);/q;;+2/p-2/t2*11-;/m00./s1. The molecule has 12 nitrogen and oxygen atoms in total. The average Bonchev–Trinajstić information content (AvgIpc) is 2.96. The fourth-order valence-corrected chi connectivity index (χ4v) is 3.77. The monoisotopic (exact) mass is 589 g/mol. The number of carbonyl (C=O) groups excluding carboxylic acids is 4. The number of nitrogens with zero attached hydrogens (tertiary/aromatic N) is 2. The minimum absolute atomic E-state index is 0. The second kappa shape index (κ2) is 16.4. The number of hydrogen-bond donors (Lipinski definition) is 2. The summed E-state index contributed by atoms with van der Waals surface area (Å²) in [5.41, 5.74) is 1.78. The summed E-state index contributed by atoms with van der Waals surface area (Å²) < 4.78 is 10.3. The zero-order valence-corrected chi connectivity index (χ0v) is 22.0. The van der Waals surface area contributed by atoms with Crippen molar-refractivity contribution in [3.8, 4) is 0 Å². The van der Waals surface area contributed by atoms with Crippen LogP contribution in [0.15, 0.2) is 60.7 Å². The maximum atomic E-state index is 11.8. The number of nitrogens with one attached hydrogen (secondary N) is 2. The Balaban J connectivity index is 0.000000267. The van der Waals surface area contributed by atoms with Crippen molar-refractivity contribution >= 4 is 24.1 Å². The van der Waals surface area contributed by atoms with E-state index in [1.807, 2.05) is 60.7 Å². The number of carboxylic acid groups (broad SMARTS) is 2. The van der Waals surface area contributed by atoms with Gasteiger partial charge in [0.2, 0.25) is 0 Å². The molecule has 2 aliphatic heterocycles. The quantitative estimate of drug-likeness (QED) is 0.387. The fourth-order valence-electron chi connectivity index (χ4n) is 3.77. The molecule has 2 amide bonds. The largest absolute Gasteiger partial charge is 2.00 e. The van der Waals surface area contributed by atoms with Gasteiger partial charge < -0.3 is 49.7 Å². The van der Waals surface area contributed by atoms with Gasteiger partial charge in [-0.05, 0) is 11.1 Å². The predicted molar refractivity (Wildman–Crippen MR) is 130 cm³/mol. The number of carbonyl (C=O) groups is 4. The summed E-state index contributed by atoms with van der Waals surface area (Å²) in [4.78, 5) is 47.9. The molecule has 2 N–H and O–H groups in total. The molecule has 1 radical (unpaired) electrons. The predicted octanol–water partition coefficient (Wildman–Crippen LogP) is -1.31. The topological polar surface area (TPSA) is 163 Å². The van der Waals surface area contributed by atoms with Crippen LogP contribution >= 0.6 is 0 Å². The smallest absolute Gasteiger partial charge is 0.548 e. The first-order valence-electron chi connectivity index (χ1n) is 12.1. The number of amides is 2. The molecule has 0 aromatic heterocycles. The SMILES string of the molecule is O=C([O-])[C@@H]1CN(C(=O)OCc2ccccc2)CCN1.O=C([O-])[C@@H]1CN(C(=O)OCc2ccccc2)CCN1.[Cu+2]. The minimum Gasteiger partial charge on any atom is -0.548 e. The van der Waals surface area contributed by atoms with Gasteiger partial charge in [0.05, 0.1) is 24.0 Å². The molecule has 39 heavy (non-hydrogen) atoms. The third-order valence-corrected chi connectivity index (χ3v) is 5.85. The van der Waals surface area contributed by atoms with Crippen LogP contribution in [0, 0.1) is 0 Å². The maximum Gasteiger partial charge on any atom is 2.00 e. The molecule has 2 aliphatic rings. The molecule has 213 valence electrons. The second-order valence-electron chi connectivity index (χ2n) is 8.62. The summed E-state index contributed by atoms with van der Waals surface area (Å²) in [7, 11) is 0. The van der Waals surface area contributed by atoms with E-state index in [9.17, 15) is 29.4 Å². The van der Waals surface area contributed by atoms with Crippen molar-refractivity contribution in [1.82, 2.24) is 20.4 Å². The third kappa shape index (κ3) is 10.6. The fraction of sp³-hybridized carbons (Fsp3) is 0.385. The maximum absolute atomic E-state index is 11.8. The molecule has 2 heterocycles. The Hall–Kier alpha value is -3.64. The van der Waals surface area contributed by atoms with Crippen molar-refractivity contribution in [3.05, 3.63) is 71.8 Å². The summed E-state index contributed by atoms with van der Waals surface area (Å²) in [6.45, 7) is 2.18. The number of benzene rings is 2. The van der Waals surface area contributed by atoms with Gasteiger partial charge in [0.15, 0.2) is 0 Å². The molecule has 2 aromatic carbocycles. The molecule has 0 aliphatic carbocycles. The van der Waals surface area contributed by atoms with E-state index >= 15 is 0 Å². The van der Waals surface area contributed by atoms with Crippen LogP contribution in [0.1, 0.15) is 11.1 Å². The Kier molecular flexibility index (Phi) is 13.2. The van der Waals surface area contributed by atoms with Gasteiger partial charge in [-0.3, -0.25) is 0 Å². The number of aliphatic carboxylic acids is 2. The van der Waals surface area contributed by atoms with Crippen molar-refractivity contribution in [2.24, 2.45) is 0 Å². The van der Waals surface area contributed by atoms with Gasteiger partial charge in [-0.2, -0.15) is 0 Å². The van der Waals surface area contributed by atoms with Gasteiger partial charge in [-0.15, -0.1) is 0 Å². The first-order chi connectivity index (χ1) is 18.3.